The third-order valence-electron chi connectivity index (χ3n) is 4.75. The van der Waals surface area contributed by atoms with Crippen molar-refractivity contribution in [3.05, 3.63) is 29.8 Å². The number of hydrogen-bond donors (Lipinski definition) is 1. The lowest BCUT2D eigenvalue weighted by Crippen LogP contribution is -2.44. The molecule has 3 nitrogen and oxygen atoms in total. The summed E-state index contributed by atoms with van der Waals surface area (Å²) in [5.41, 5.74) is 1.07. The molecule has 1 unspecified atom stereocenters. The van der Waals surface area contributed by atoms with Crippen LogP contribution in [0.15, 0.2) is 24.3 Å². The predicted octanol–water partition coefficient (Wildman–Crippen LogP) is 3.26. The topological polar surface area (TPSA) is 26.7 Å². The van der Waals surface area contributed by atoms with Gasteiger partial charge in [0.25, 0.3) is 0 Å². The molecular weight excluding hydrogens is 248 g/mol. The van der Waals surface area contributed by atoms with Crippen molar-refractivity contribution in [2.45, 2.75) is 45.2 Å². The fraction of sp³-hybridized carbons (Fsp3) is 0.647. The van der Waals surface area contributed by atoms with E-state index in [1.165, 1.54) is 25.9 Å². The van der Waals surface area contributed by atoms with E-state index in [0.29, 0.717) is 17.8 Å². The lowest BCUT2D eigenvalue weighted by molar-refractivity contribution is 0.0953. The summed E-state index contributed by atoms with van der Waals surface area (Å²) in [5, 5.41) is 10.1. The molecule has 1 aromatic carbocycles. The van der Waals surface area contributed by atoms with Crippen molar-refractivity contribution in [1.82, 2.24) is 9.80 Å². The molecule has 1 heterocycles. The second-order valence-electron chi connectivity index (χ2n) is 5.81. The Morgan fingerprint density at radius 3 is 2.45 bits per heavy atom. The van der Waals surface area contributed by atoms with Crippen molar-refractivity contribution < 1.29 is 5.11 Å². The lowest BCUT2D eigenvalue weighted by Gasteiger charge is -2.40. The number of para-hydroxylation sites is 1. The number of hydrogen-bond acceptors (Lipinski definition) is 3. The number of benzene rings is 1. The molecular formula is C17H28N2O. The Hall–Kier alpha value is -1.06. The van der Waals surface area contributed by atoms with Crippen molar-refractivity contribution in [3.8, 4) is 5.75 Å². The number of rotatable bonds is 5. The van der Waals surface area contributed by atoms with Gasteiger partial charge >= 0.3 is 0 Å². The largest absolute Gasteiger partial charge is 0.508 e. The van der Waals surface area contributed by atoms with Gasteiger partial charge in [-0.15, -0.1) is 0 Å². The molecule has 1 aromatic rings. The van der Waals surface area contributed by atoms with Gasteiger partial charge in [-0.05, 0) is 52.0 Å². The van der Waals surface area contributed by atoms with Gasteiger partial charge in [0.05, 0.1) is 0 Å². The van der Waals surface area contributed by atoms with Gasteiger partial charge in [-0.2, -0.15) is 0 Å². The average molecular weight is 276 g/mol. The highest BCUT2D eigenvalue weighted by Gasteiger charge is 2.27. The van der Waals surface area contributed by atoms with Gasteiger partial charge in [-0.1, -0.05) is 32.0 Å². The van der Waals surface area contributed by atoms with Gasteiger partial charge in [-0.25, -0.2) is 0 Å². The lowest BCUT2D eigenvalue weighted by atomic mass is 9.96. The predicted molar refractivity (Wildman–Crippen MR) is 84.0 cm³/mol. The smallest absolute Gasteiger partial charge is 0.120 e. The third kappa shape index (κ3) is 3.33. The molecule has 0 bridgehead atoms. The molecule has 3 heteroatoms. The summed E-state index contributed by atoms with van der Waals surface area (Å²) in [4.78, 5) is 4.99. The number of phenolic OH excluding ortho intramolecular Hbond substituents is 1. The summed E-state index contributed by atoms with van der Waals surface area (Å²) >= 11 is 0. The van der Waals surface area contributed by atoms with Crippen LogP contribution in [0.5, 0.6) is 5.75 Å². The molecule has 1 saturated heterocycles. The van der Waals surface area contributed by atoms with Crippen LogP contribution in [-0.2, 0) is 0 Å². The first-order chi connectivity index (χ1) is 9.67. The minimum absolute atomic E-state index is 0.314. The van der Waals surface area contributed by atoms with Crippen LogP contribution in [0, 0.1) is 0 Å². The maximum Gasteiger partial charge on any atom is 0.120 e. The molecule has 0 saturated carbocycles. The second-order valence-corrected chi connectivity index (χ2v) is 5.81. The van der Waals surface area contributed by atoms with Crippen LogP contribution in [0.4, 0.5) is 0 Å². The van der Waals surface area contributed by atoms with Crippen LogP contribution >= 0.6 is 0 Å². The molecule has 0 aliphatic carbocycles. The van der Waals surface area contributed by atoms with Crippen LogP contribution < -0.4 is 0 Å². The van der Waals surface area contributed by atoms with Crippen LogP contribution in [0.2, 0.25) is 0 Å². The maximum absolute atomic E-state index is 10.1. The van der Waals surface area contributed by atoms with E-state index in [-0.39, 0.29) is 0 Å². The molecule has 1 N–H and O–H groups in total. The van der Waals surface area contributed by atoms with Crippen molar-refractivity contribution in [2.75, 3.05) is 26.7 Å². The van der Waals surface area contributed by atoms with Gasteiger partial charge in [-0.3, -0.25) is 4.90 Å². The molecule has 0 radical (unpaired) electrons. The highest BCUT2D eigenvalue weighted by atomic mass is 16.3. The molecule has 1 aliphatic rings. The van der Waals surface area contributed by atoms with Crippen LogP contribution in [0.25, 0.3) is 0 Å². The van der Waals surface area contributed by atoms with Gasteiger partial charge in [0.2, 0.25) is 0 Å². The normalized spacial score (nSPS) is 19.4. The Labute approximate surface area is 123 Å². The van der Waals surface area contributed by atoms with E-state index in [2.05, 4.69) is 36.8 Å². The standard InChI is InChI=1S/C17H28N2O/c1-4-16(15-8-6-7-9-17(15)20)18(3)14-10-12-19(5-2)13-11-14/h6-9,14,16,20H,4-5,10-13H2,1-3H3. The fourth-order valence-corrected chi connectivity index (χ4v) is 3.39. The van der Waals surface area contributed by atoms with Crippen molar-refractivity contribution in [3.63, 3.8) is 0 Å². The highest BCUT2D eigenvalue weighted by molar-refractivity contribution is 5.34. The molecule has 1 fully saturated rings. The third-order valence-corrected chi connectivity index (χ3v) is 4.75. The first-order valence-corrected chi connectivity index (χ1v) is 7.89. The second kappa shape index (κ2) is 7.09. The van der Waals surface area contributed by atoms with Gasteiger partial charge in [0.15, 0.2) is 0 Å². The molecule has 1 atom stereocenters. The molecule has 2 rings (SSSR count). The molecule has 0 spiro atoms. The van der Waals surface area contributed by atoms with E-state index in [1.54, 1.807) is 6.07 Å². The Morgan fingerprint density at radius 1 is 1.25 bits per heavy atom. The Bertz CT molecular complexity index is 413. The number of phenols is 1. The van der Waals surface area contributed by atoms with Crippen molar-refractivity contribution in [1.29, 1.82) is 0 Å². The maximum atomic E-state index is 10.1. The highest BCUT2D eigenvalue weighted by Crippen LogP contribution is 2.33. The minimum Gasteiger partial charge on any atom is -0.508 e. The van der Waals surface area contributed by atoms with E-state index in [4.69, 9.17) is 0 Å². The minimum atomic E-state index is 0.314. The van der Waals surface area contributed by atoms with Crippen molar-refractivity contribution in [2.24, 2.45) is 0 Å². The quantitative estimate of drug-likeness (QED) is 0.894. The number of likely N-dealkylation sites (tertiary alicyclic amines) is 1. The molecule has 0 aromatic heterocycles. The van der Waals surface area contributed by atoms with E-state index in [9.17, 15) is 5.11 Å². The summed E-state index contributed by atoms with van der Waals surface area (Å²) in [6.45, 7) is 7.99. The molecule has 112 valence electrons. The van der Waals surface area contributed by atoms with E-state index in [0.717, 1.165) is 18.5 Å². The number of nitrogens with zero attached hydrogens (tertiary/aromatic N) is 2. The fourth-order valence-electron chi connectivity index (χ4n) is 3.39. The Balaban J connectivity index is 2.06. The van der Waals surface area contributed by atoms with Gasteiger partial charge in [0.1, 0.15) is 5.75 Å². The zero-order chi connectivity index (χ0) is 14.5. The monoisotopic (exact) mass is 276 g/mol. The Kier molecular flexibility index (Phi) is 5.44. The molecule has 1 aliphatic heterocycles. The first-order valence-electron chi connectivity index (χ1n) is 7.89. The Morgan fingerprint density at radius 2 is 1.90 bits per heavy atom. The van der Waals surface area contributed by atoms with Gasteiger partial charge in [0, 0.05) is 17.6 Å². The van der Waals surface area contributed by atoms with Crippen molar-refractivity contribution >= 4 is 0 Å². The molecule has 20 heavy (non-hydrogen) atoms. The summed E-state index contributed by atoms with van der Waals surface area (Å²) < 4.78 is 0. The summed E-state index contributed by atoms with van der Waals surface area (Å²) in [7, 11) is 2.22. The van der Waals surface area contributed by atoms with Gasteiger partial charge < -0.3 is 10.0 Å². The van der Waals surface area contributed by atoms with Crippen LogP contribution in [0.3, 0.4) is 0 Å². The number of aromatic hydroxyl groups is 1. The van der Waals surface area contributed by atoms with E-state index in [1.807, 2.05) is 12.1 Å². The number of piperidine rings is 1. The zero-order valence-electron chi connectivity index (χ0n) is 13.0. The first kappa shape index (κ1) is 15.3. The van der Waals surface area contributed by atoms with Crippen LogP contribution in [0.1, 0.15) is 44.7 Å². The summed E-state index contributed by atoms with van der Waals surface area (Å²) in [6, 6.07) is 8.71. The summed E-state index contributed by atoms with van der Waals surface area (Å²) in [5.74, 6) is 0.428. The molecule has 0 amide bonds. The summed E-state index contributed by atoms with van der Waals surface area (Å²) in [6.07, 6.45) is 3.49. The average Bonchev–Trinajstić information content (AvgIpc) is 2.50. The van der Waals surface area contributed by atoms with E-state index < -0.39 is 0 Å². The SMILES string of the molecule is CCC(c1ccccc1O)N(C)C1CCN(CC)CC1. The van der Waals surface area contributed by atoms with Crippen LogP contribution in [-0.4, -0.2) is 47.6 Å². The van der Waals surface area contributed by atoms with E-state index >= 15 is 0 Å². The zero-order valence-corrected chi connectivity index (χ0v) is 13.0.